The molecule has 0 atom stereocenters. The number of furan rings is 2. The molecule has 0 N–H and O–H groups in total. The maximum atomic E-state index is 6.56. The van der Waals surface area contributed by atoms with Crippen molar-refractivity contribution in [1.29, 1.82) is 0 Å². The molecule has 0 unspecified atom stereocenters. The summed E-state index contributed by atoms with van der Waals surface area (Å²) >= 11 is 0. The quantitative estimate of drug-likeness (QED) is 0.167. The standard InChI is InChI=1S/C72H43N3O2/c1-2-14-48(15-3-1)73-63-22-10-8-20-55(63)59-42-49(30-34-68(59)73)74-64-23-11-6-18-53(64)57-38-44(26-32-66(57)74)45-27-33-67-58(39-45)54-19-7-12-24-65(54)75(67)50-31-37-72-62(43-50)61-41-47(29-36-71(61)77-72)52-17-5-4-16-51(52)46-28-35-70-60(40-46)56-21-9-13-25-69(56)76-70/h1-43H. The highest BCUT2D eigenvalue weighted by atomic mass is 16.3. The van der Waals surface area contributed by atoms with Crippen LogP contribution in [0.4, 0.5) is 0 Å². The summed E-state index contributed by atoms with van der Waals surface area (Å²) in [5.74, 6) is 0. The first-order valence-corrected chi connectivity index (χ1v) is 26.3. The van der Waals surface area contributed by atoms with Crippen LogP contribution in [-0.2, 0) is 0 Å². The summed E-state index contributed by atoms with van der Waals surface area (Å²) in [6.07, 6.45) is 0. The molecule has 0 saturated heterocycles. The highest BCUT2D eigenvalue weighted by Crippen LogP contribution is 2.43. The lowest BCUT2D eigenvalue weighted by atomic mass is 9.93. The van der Waals surface area contributed by atoms with Crippen molar-refractivity contribution >= 4 is 109 Å². The Bertz CT molecular complexity index is 5290. The second-order valence-electron chi connectivity index (χ2n) is 20.4. The minimum Gasteiger partial charge on any atom is -0.456 e. The van der Waals surface area contributed by atoms with Crippen LogP contribution in [0.15, 0.2) is 270 Å². The van der Waals surface area contributed by atoms with Crippen molar-refractivity contribution in [1.82, 2.24) is 13.7 Å². The van der Waals surface area contributed by atoms with Crippen LogP contribution >= 0.6 is 0 Å². The smallest absolute Gasteiger partial charge is 0.135 e. The Morgan fingerprint density at radius 2 is 0.532 bits per heavy atom. The van der Waals surface area contributed by atoms with Crippen LogP contribution in [0, 0.1) is 0 Å². The van der Waals surface area contributed by atoms with Gasteiger partial charge in [-0.05, 0) is 155 Å². The second kappa shape index (κ2) is 16.1. The Labute approximate surface area is 440 Å². The van der Waals surface area contributed by atoms with E-state index >= 15 is 0 Å². The van der Waals surface area contributed by atoms with Crippen molar-refractivity contribution in [2.24, 2.45) is 0 Å². The zero-order chi connectivity index (χ0) is 50.3. The molecule has 0 saturated carbocycles. The number of fused-ring (bicyclic) bond motifs is 15. The van der Waals surface area contributed by atoms with Gasteiger partial charge in [0.1, 0.15) is 22.3 Å². The number of nitrogens with zero attached hydrogens (tertiary/aromatic N) is 3. The molecule has 17 rings (SSSR count). The van der Waals surface area contributed by atoms with Crippen LogP contribution in [0.1, 0.15) is 0 Å². The van der Waals surface area contributed by atoms with Gasteiger partial charge in [0, 0.05) is 70.9 Å². The predicted octanol–water partition coefficient (Wildman–Crippen LogP) is 19.8. The molecule has 0 fully saturated rings. The van der Waals surface area contributed by atoms with Crippen LogP contribution in [-0.4, -0.2) is 13.7 Å². The largest absolute Gasteiger partial charge is 0.456 e. The molecular weight excluding hydrogens is 939 g/mol. The highest BCUT2D eigenvalue weighted by Gasteiger charge is 2.20. The van der Waals surface area contributed by atoms with Gasteiger partial charge in [-0.15, -0.1) is 0 Å². The summed E-state index contributed by atoms with van der Waals surface area (Å²) in [6.45, 7) is 0. The summed E-state index contributed by atoms with van der Waals surface area (Å²) in [5, 5.41) is 11.8. The average molecular weight is 982 g/mol. The van der Waals surface area contributed by atoms with Gasteiger partial charge in [0.25, 0.3) is 0 Å². The molecule has 17 aromatic rings. The van der Waals surface area contributed by atoms with Crippen molar-refractivity contribution < 1.29 is 8.83 Å². The number of aromatic nitrogens is 3. The fourth-order valence-corrected chi connectivity index (χ4v) is 12.8. The monoisotopic (exact) mass is 981 g/mol. The van der Waals surface area contributed by atoms with Crippen molar-refractivity contribution in [2.45, 2.75) is 0 Å². The Morgan fingerprint density at radius 3 is 1.09 bits per heavy atom. The molecule has 5 aromatic heterocycles. The SMILES string of the molecule is c1ccc(-n2c3ccccc3c3cc(-n4c5ccccc5c5cc(-c6ccc7c(c6)c6ccccc6n7-c6ccc7oc8ccc(-c9ccccc9-c9ccc%10oc%11ccccc%11c%10c9)cc8c7c6)ccc54)ccc32)cc1. The first-order valence-electron chi connectivity index (χ1n) is 26.3. The molecule has 0 radical (unpaired) electrons. The van der Waals surface area contributed by atoms with Gasteiger partial charge in [-0.3, -0.25) is 0 Å². The molecule has 77 heavy (non-hydrogen) atoms. The van der Waals surface area contributed by atoms with E-state index in [-0.39, 0.29) is 0 Å². The average Bonchev–Trinajstić information content (AvgIpc) is 4.33. The van der Waals surface area contributed by atoms with E-state index < -0.39 is 0 Å². The lowest BCUT2D eigenvalue weighted by Crippen LogP contribution is -1.95. The van der Waals surface area contributed by atoms with Gasteiger partial charge in [-0.25, -0.2) is 0 Å². The zero-order valence-corrected chi connectivity index (χ0v) is 41.5. The number of benzene rings is 12. The van der Waals surface area contributed by atoms with E-state index in [0.717, 1.165) is 88.7 Å². The van der Waals surface area contributed by atoms with E-state index in [1.54, 1.807) is 0 Å². The molecular formula is C72H43N3O2. The van der Waals surface area contributed by atoms with Crippen LogP contribution in [0.5, 0.6) is 0 Å². The van der Waals surface area contributed by atoms with Crippen molar-refractivity contribution in [3.8, 4) is 50.4 Å². The van der Waals surface area contributed by atoms with Crippen molar-refractivity contribution in [3.05, 3.63) is 261 Å². The number of para-hydroxylation sites is 5. The lowest BCUT2D eigenvalue weighted by Gasteiger charge is -2.11. The van der Waals surface area contributed by atoms with E-state index in [4.69, 9.17) is 8.83 Å². The first kappa shape index (κ1) is 42.0. The van der Waals surface area contributed by atoms with Gasteiger partial charge in [-0.1, -0.05) is 140 Å². The highest BCUT2D eigenvalue weighted by molar-refractivity contribution is 6.15. The zero-order valence-electron chi connectivity index (χ0n) is 41.5. The fourth-order valence-electron chi connectivity index (χ4n) is 12.8. The third-order valence-corrected chi connectivity index (χ3v) is 16.2. The summed E-state index contributed by atoms with van der Waals surface area (Å²) < 4.78 is 20.0. The maximum absolute atomic E-state index is 6.56. The van der Waals surface area contributed by atoms with Gasteiger partial charge in [0.15, 0.2) is 0 Å². The van der Waals surface area contributed by atoms with Crippen molar-refractivity contribution in [3.63, 3.8) is 0 Å². The lowest BCUT2D eigenvalue weighted by molar-refractivity contribution is 0.668. The number of hydrogen-bond acceptors (Lipinski definition) is 2. The molecule has 0 amide bonds. The molecule has 358 valence electrons. The molecule has 0 aliphatic heterocycles. The van der Waals surface area contributed by atoms with Gasteiger partial charge in [0.05, 0.1) is 33.1 Å². The van der Waals surface area contributed by atoms with Gasteiger partial charge >= 0.3 is 0 Å². The molecule has 0 aliphatic carbocycles. The fraction of sp³-hybridized carbons (Fsp3) is 0. The third kappa shape index (κ3) is 6.23. The minimum absolute atomic E-state index is 0.863. The normalized spacial score (nSPS) is 12.2. The van der Waals surface area contributed by atoms with Crippen LogP contribution in [0.2, 0.25) is 0 Å². The van der Waals surface area contributed by atoms with Crippen LogP contribution in [0.25, 0.3) is 160 Å². The summed E-state index contributed by atoms with van der Waals surface area (Å²) in [6, 6.07) is 94.6. The van der Waals surface area contributed by atoms with Gasteiger partial charge in [-0.2, -0.15) is 0 Å². The van der Waals surface area contributed by atoms with Crippen LogP contribution in [0.3, 0.4) is 0 Å². The maximum Gasteiger partial charge on any atom is 0.135 e. The minimum atomic E-state index is 0.863. The Balaban J connectivity index is 0.766. The second-order valence-corrected chi connectivity index (χ2v) is 20.4. The first-order chi connectivity index (χ1) is 38.2. The van der Waals surface area contributed by atoms with E-state index in [9.17, 15) is 0 Å². The molecule has 5 heteroatoms. The van der Waals surface area contributed by atoms with E-state index in [2.05, 4.69) is 262 Å². The van der Waals surface area contributed by atoms with Crippen molar-refractivity contribution in [2.75, 3.05) is 0 Å². The molecule has 5 heterocycles. The molecule has 0 spiro atoms. The summed E-state index contributed by atoms with van der Waals surface area (Å²) in [5.41, 5.74) is 21.0. The summed E-state index contributed by atoms with van der Waals surface area (Å²) in [4.78, 5) is 0. The topological polar surface area (TPSA) is 41.1 Å². The number of hydrogen-bond donors (Lipinski definition) is 0. The predicted molar refractivity (Wildman–Crippen MR) is 320 cm³/mol. The Morgan fingerprint density at radius 1 is 0.195 bits per heavy atom. The molecule has 12 aromatic carbocycles. The van der Waals surface area contributed by atoms with Crippen LogP contribution < -0.4 is 0 Å². The Hall–Kier alpha value is -10.4. The van der Waals surface area contributed by atoms with Gasteiger partial charge < -0.3 is 22.5 Å². The summed E-state index contributed by atoms with van der Waals surface area (Å²) in [7, 11) is 0. The molecule has 5 nitrogen and oxygen atoms in total. The van der Waals surface area contributed by atoms with E-state index in [1.165, 1.54) is 71.1 Å². The molecule has 0 aliphatic rings. The Kier molecular flexibility index (Phi) is 8.77. The van der Waals surface area contributed by atoms with Gasteiger partial charge in [0.2, 0.25) is 0 Å². The molecule has 0 bridgehead atoms. The third-order valence-electron chi connectivity index (χ3n) is 16.2. The van der Waals surface area contributed by atoms with E-state index in [0.29, 0.717) is 0 Å². The van der Waals surface area contributed by atoms with E-state index in [1.807, 2.05) is 12.1 Å². The number of rotatable bonds is 6.